The molecule has 19 heavy (non-hydrogen) atoms. The molecular weight excluding hydrogens is 240 g/mol. The fourth-order valence-electron chi connectivity index (χ4n) is 3.19. The van der Waals surface area contributed by atoms with Crippen LogP contribution >= 0.6 is 0 Å². The number of nitrogens with one attached hydrogen (secondary N) is 2. The lowest BCUT2D eigenvalue weighted by Crippen LogP contribution is -2.60. The molecule has 2 rings (SSSR count). The third kappa shape index (κ3) is 4.08. The molecule has 1 aliphatic carbocycles. The minimum Gasteiger partial charge on any atom is -0.335 e. The molecule has 2 N–H and O–H groups in total. The van der Waals surface area contributed by atoms with Crippen LogP contribution in [-0.2, 0) is 0 Å². The maximum atomic E-state index is 12.4. The second kappa shape index (κ2) is 7.10. The van der Waals surface area contributed by atoms with Gasteiger partial charge in [0.25, 0.3) is 0 Å². The molecule has 1 aliphatic heterocycles. The highest BCUT2D eigenvalue weighted by atomic mass is 16.2. The molecule has 110 valence electrons. The topological polar surface area (TPSA) is 47.6 Å². The lowest BCUT2D eigenvalue weighted by atomic mass is 9.96. The largest absolute Gasteiger partial charge is 0.335 e. The number of likely N-dealkylation sites (N-methyl/N-ethyl adjacent to an activating group) is 2. The van der Waals surface area contributed by atoms with Crippen LogP contribution in [-0.4, -0.2) is 68.2 Å². The van der Waals surface area contributed by atoms with Gasteiger partial charge in [0.2, 0.25) is 0 Å². The summed E-state index contributed by atoms with van der Waals surface area (Å²) in [5.41, 5.74) is 0. The summed E-state index contributed by atoms with van der Waals surface area (Å²) in [7, 11) is 4.07. The summed E-state index contributed by atoms with van der Waals surface area (Å²) in [5, 5.41) is 6.43. The Morgan fingerprint density at radius 3 is 2.63 bits per heavy atom. The first kappa shape index (κ1) is 14.6. The number of hydrogen-bond acceptors (Lipinski definition) is 3. The van der Waals surface area contributed by atoms with Crippen molar-refractivity contribution in [3.8, 4) is 0 Å². The zero-order chi connectivity index (χ0) is 13.7. The highest BCUT2D eigenvalue weighted by molar-refractivity contribution is 5.75. The molecule has 5 heteroatoms. The van der Waals surface area contributed by atoms with E-state index in [4.69, 9.17) is 0 Å². The van der Waals surface area contributed by atoms with Crippen LogP contribution in [0.1, 0.15) is 32.1 Å². The summed E-state index contributed by atoms with van der Waals surface area (Å²) in [6.45, 7) is 3.63. The van der Waals surface area contributed by atoms with Gasteiger partial charge < -0.3 is 20.4 Å². The van der Waals surface area contributed by atoms with Gasteiger partial charge in [0.1, 0.15) is 0 Å². The van der Waals surface area contributed by atoms with Crippen LogP contribution < -0.4 is 10.6 Å². The van der Waals surface area contributed by atoms with Crippen LogP contribution in [0, 0.1) is 0 Å². The van der Waals surface area contributed by atoms with E-state index in [1.54, 1.807) is 0 Å². The first-order valence-electron chi connectivity index (χ1n) is 7.61. The smallest absolute Gasteiger partial charge is 0.317 e. The fourth-order valence-corrected chi connectivity index (χ4v) is 3.19. The van der Waals surface area contributed by atoms with Crippen LogP contribution in [0.15, 0.2) is 0 Å². The van der Waals surface area contributed by atoms with E-state index in [0.29, 0.717) is 6.04 Å². The number of nitrogens with zero attached hydrogens (tertiary/aromatic N) is 2. The minimum absolute atomic E-state index is 0.139. The Morgan fingerprint density at radius 1 is 1.21 bits per heavy atom. The second-order valence-electron chi connectivity index (χ2n) is 5.95. The zero-order valence-electron chi connectivity index (χ0n) is 12.3. The quantitative estimate of drug-likeness (QED) is 0.798. The summed E-state index contributed by atoms with van der Waals surface area (Å²) in [5.74, 6) is 0. The number of rotatable bonds is 3. The molecule has 2 aliphatic rings. The van der Waals surface area contributed by atoms with Crippen molar-refractivity contribution in [2.75, 3.05) is 40.3 Å². The van der Waals surface area contributed by atoms with Gasteiger partial charge in [0.15, 0.2) is 0 Å². The number of urea groups is 1. The van der Waals surface area contributed by atoms with Crippen LogP contribution in [0.25, 0.3) is 0 Å². The standard InChI is InChI=1S/C14H28N4O/c1-15-10-13-11-17(2)8-9-18(13)14(19)16-12-6-4-3-5-7-12/h12-13,15H,3-11H2,1-2H3,(H,16,19). The average molecular weight is 268 g/mol. The first-order valence-corrected chi connectivity index (χ1v) is 7.61. The third-order valence-electron chi connectivity index (χ3n) is 4.32. The minimum atomic E-state index is 0.139. The molecule has 5 nitrogen and oxygen atoms in total. The van der Waals surface area contributed by atoms with Gasteiger partial charge in [-0.3, -0.25) is 0 Å². The Balaban J connectivity index is 1.88. The number of carbonyl (C=O) groups excluding carboxylic acids is 1. The predicted molar refractivity (Wildman–Crippen MR) is 77.3 cm³/mol. The molecule has 0 spiro atoms. The van der Waals surface area contributed by atoms with Gasteiger partial charge in [-0.1, -0.05) is 19.3 Å². The van der Waals surface area contributed by atoms with Crippen molar-refractivity contribution in [1.29, 1.82) is 0 Å². The van der Waals surface area contributed by atoms with Crippen molar-refractivity contribution in [3.05, 3.63) is 0 Å². The van der Waals surface area contributed by atoms with Crippen molar-refractivity contribution in [2.45, 2.75) is 44.2 Å². The lowest BCUT2D eigenvalue weighted by molar-refractivity contribution is 0.106. The van der Waals surface area contributed by atoms with Crippen LogP contribution in [0.5, 0.6) is 0 Å². The molecule has 1 unspecified atom stereocenters. The lowest BCUT2D eigenvalue weighted by Gasteiger charge is -2.40. The van der Waals surface area contributed by atoms with Gasteiger partial charge in [-0.05, 0) is 26.9 Å². The van der Waals surface area contributed by atoms with E-state index in [-0.39, 0.29) is 12.1 Å². The van der Waals surface area contributed by atoms with Crippen molar-refractivity contribution in [2.24, 2.45) is 0 Å². The monoisotopic (exact) mass is 268 g/mol. The van der Waals surface area contributed by atoms with Gasteiger partial charge in [0, 0.05) is 32.2 Å². The molecule has 1 heterocycles. The summed E-state index contributed by atoms with van der Waals surface area (Å²) >= 11 is 0. The van der Waals surface area contributed by atoms with Gasteiger partial charge in [0.05, 0.1) is 6.04 Å². The fraction of sp³-hybridized carbons (Fsp3) is 0.929. The van der Waals surface area contributed by atoms with E-state index < -0.39 is 0 Å². The molecule has 0 aromatic heterocycles. The van der Waals surface area contributed by atoms with Crippen molar-refractivity contribution in [1.82, 2.24) is 20.4 Å². The van der Waals surface area contributed by atoms with Crippen LogP contribution in [0.2, 0.25) is 0 Å². The van der Waals surface area contributed by atoms with Gasteiger partial charge in [-0.25, -0.2) is 4.79 Å². The summed E-state index contributed by atoms with van der Waals surface area (Å²) in [6.07, 6.45) is 6.14. The predicted octanol–water partition coefficient (Wildman–Crippen LogP) is 0.864. The number of carbonyl (C=O) groups is 1. The molecule has 0 aromatic carbocycles. The maximum Gasteiger partial charge on any atom is 0.317 e. The molecule has 2 amide bonds. The highest BCUT2D eigenvalue weighted by Gasteiger charge is 2.29. The van der Waals surface area contributed by atoms with E-state index in [2.05, 4.69) is 22.6 Å². The van der Waals surface area contributed by atoms with Crippen molar-refractivity contribution in [3.63, 3.8) is 0 Å². The SMILES string of the molecule is CNCC1CN(C)CCN1C(=O)NC1CCCCC1. The van der Waals surface area contributed by atoms with E-state index in [0.717, 1.165) is 39.0 Å². The molecule has 1 saturated heterocycles. The summed E-state index contributed by atoms with van der Waals surface area (Å²) in [4.78, 5) is 16.7. The number of amides is 2. The Kier molecular flexibility index (Phi) is 5.45. The normalized spacial score (nSPS) is 26.4. The van der Waals surface area contributed by atoms with Gasteiger partial charge in [-0.15, -0.1) is 0 Å². The number of piperazine rings is 1. The first-order chi connectivity index (χ1) is 9.20. The van der Waals surface area contributed by atoms with E-state index >= 15 is 0 Å². The maximum absolute atomic E-state index is 12.4. The van der Waals surface area contributed by atoms with Gasteiger partial charge in [-0.2, -0.15) is 0 Å². The van der Waals surface area contributed by atoms with E-state index in [1.807, 2.05) is 11.9 Å². The molecule has 0 radical (unpaired) electrons. The Labute approximate surface area is 116 Å². The van der Waals surface area contributed by atoms with Crippen LogP contribution in [0.4, 0.5) is 4.79 Å². The molecular formula is C14H28N4O. The zero-order valence-corrected chi connectivity index (χ0v) is 12.3. The van der Waals surface area contributed by atoms with E-state index in [1.165, 1.54) is 19.3 Å². The molecule has 2 fully saturated rings. The van der Waals surface area contributed by atoms with Crippen molar-refractivity contribution >= 4 is 6.03 Å². The van der Waals surface area contributed by atoms with Crippen LogP contribution in [0.3, 0.4) is 0 Å². The highest BCUT2D eigenvalue weighted by Crippen LogP contribution is 2.18. The Hall–Kier alpha value is -0.810. The molecule has 0 aromatic rings. The third-order valence-corrected chi connectivity index (χ3v) is 4.32. The summed E-state index contributed by atoms with van der Waals surface area (Å²) in [6, 6.07) is 0.823. The Bertz CT molecular complexity index is 291. The molecule has 1 atom stereocenters. The summed E-state index contributed by atoms with van der Waals surface area (Å²) < 4.78 is 0. The molecule has 1 saturated carbocycles. The number of hydrogen-bond donors (Lipinski definition) is 2. The second-order valence-corrected chi connectivity index (χ2v) is 5.95. The van der Waals surface area contributed by atoms with E-state index in [9.17, 15) is 4.79 Å². The Morgan fingerprint density at radius 2 is 1.95 bits per heavy atom. The molecule has 0 bridgehead atoms. The van der Waals surface area contributed by atoms with Crippen molar-refractivity contribution < 1.29 is 4.79 Å². The average Bonchev–Trinajstić information content (AvgIpc) is 2.40. The van der Waals surface area contributed by atoms with Gasteiger partial charge >= 0.3 is 6.03 Å².